The molecular formula is C15H16N2O. The van der Waals surface area contributed by atoms with Gasteiger partial charge >= 0.3 is 0 Å². The molecule has 0 aliphatic heterocycles. The monoisotopic (exact) mass is 240 g/mol. The summed E-state index contributed by atoms with van der Waals surface area (Å²) in [6.45, 7) is 0. The van der Waals surface area contributed by atoms with Crippen LogP contribution >= 0.6 is 0 Å². The molecular weight excluding hydrogens is 224 g/mol. The van der Waals surface area contributed by atoms with E-state index in [1.54, 1.807) is 24.3 Å². The minimum Gasteiger partial charge on any atom is -0.399 e. The summed E-state index contributed by atoms with van der Waals surface area (Å²) < 4.78 is 0. The van der Waals surface area contributed by atoms with Gasteiger partial charge in [-0.05, 0) is 36.4 Å². The number of hydrogen-bond donors (Lipinski definition) is 1. The van der Waals surface area contributed by atoms with Gasteiger partial charge in [0.1, 0.15) is 0 Å². The van der Waals surface area contributed by atoms with Gasteiger partial charge in [0, 0.05) is 36.6 Å². The summed E-state index contributed by atoms with van der Waals surface area (Å²) in [6.07, 6.45) is 0. The van der Waals surface area contributed by atoms with Crippen LogP contribution in [0.1, 0.15) is 15.9 Å². The molecule has 0 saturated carbocycles. The minimum atomic E-state index is 0.0127. The fraction of sp³-hybridized carbons (Fsp3) is 0.133. The van der Waals surface area contributed by atoms with E-state index in [9.17, 15) is 4.79 Å². The highest BCUT2D eigenvalue weighted by molar-refractivity contribution is 6.09. The second-order valence-corrected chi connectivity index (χ2v) is 4.40. The van der Waals surface area contributed by atoms with Crippen LogP contribution in [0.15, 0.2) is 48.5 Å². The van der Waals surface area contributed by atoms with Gasteiger partial charge in [0.25, 0.3) is 0 Å². The molecule has 92 valence electrons. The Balaban J connectivity index is 2.34. The maximum atomic E-state index is 12.3. The Morgan fingerprint density at radius 2 is 1.67 bits per heavy atom. The van der Waals surface area contributed by atoms with Gasteiger partial charge in [-0.3, -0.25) is 4.79 Å². The van der Waals surface area contributed by atoms with E-state index in [0.29, 0.717) is 16.8 Å². The molecule has 0 saturated heterocycles. The highest BCUT2D eigenvalue weighted by Gasteiger charge is 2.09. The number of nitrogen functional groups attached to an aromatic ring is 1. The lowest BCUT2D eigenvalue weighted by molar-refractivity contribution is 0.103. The van der Waals surface area contributed by atoms with E-state index in [1.165, 1.54) is 0 Å². The number of rotatable bonds is 3. The van der Waals surface area contributed by atoms with Crippen molar-refractivity contribution in [3.8, 4) is 0 Å². The molecule has 0 heterocycles. The topological polar surface area (TPSA) is 46.3 Å². The average molecular weight is 240 g/mol. The molecule has 3 nitrogen and oxygen atoms in total. The van der Waals surface area contributed by atoms with Crippen molar-refractivity contribution in [1.29, 1.82) is 0 Å². The quantitative estimate of drug-likeness (QED) is 0.662. The van der Waals surface area contributed by atoms with Crippen molar-refractivity contribution in [3.63, 3.8) is 0 Å². The molecule has 3 heteroatoms. The number of anilines is 2. The van der Waals surface area contributed by atoms with E-state index in [4.69, 9.17) is 5.73 Å². The molecule has 0 spiro atoms. The van der Waals surface area contributed by atoms with Crippen LogP contribution < -0.4 is 10.6 Å². The predicted octanol–water partition coefficient (Wildman–Crippen LogP) is 2.57. The summed E-state index contributed by atoms with van der Waals surface area (Å²) in [6, 6.07) is 14.6. The van der Waals surface area contributed by atoms with Gasteiger partial charge in [0.15, 0.2) is 5.78 Å². The van der Waals surface area contributed by atoms with E-state index in [2.05, 4.69) is 0 Å². The standard InChI is InChI=1S/C15H16N2O/c1-17(2)14-5-3-4-12(10-14)15(18)11-6-8-13(16)9-7-11/h3-10H,16H2,1-2H3. The smallest absolute Gasteiger partial charge is 0.193 e. The Kier molecular flexibility index (Phi) is 3.33. The van der Waals surface area contributed by atoms with E-state index in [-0.39, 0.29) is 5.78 Å². The first kappa shape index (κ1) is 12.2. The van der Waals surface area contributed by atoms with Crippen LogP contribution in [-0.4, -0.2) is 19.9 Å². The van der Waals surface area contributed by atoms with Gasteiger partial charge in [-0.2, -0.15) is 0 Å². The van der Waals surface area contributed by atoms with Crippen LogP contribution in [0, 0.1) is 0 Å². The zero-order valence-electron chi connectivity index (χ0n) is 10.6. The fourth-order valence-electron chi connectivity index (χ4n) is 1.73. The first-order chi connectivity index (χ1) is 8.58. The van der Waals surface area contributed by atoms with Gasteiger partial charge < -0.3 is 10.6 Å². The lowest BCUT2D eigenvalue weighted by atomic mass is 10.0. The molecule has 18 heavy (non-hydrogen) atoms. The molecule has 2 aromatic rings. The summed E-state index contributed by atoms with van der Waals surface area (Å²) in [5.41, 5.74) is 8.62. The Morgan fingerprint density at radius 3 is 2.28 bits per heavy atom. The van der Waals surface area contributed by atoms with E-state index < -0.39 is 0 Å². The molecule has 0 unspecified atom stereocenters. The first-order valence-corrected chi connectivity index (χ1v) is 5.75. The first-order valence-electron chi connectivity index (χ1n) is 5.75. The number of nitrogens with two attached hydrogens (primary N) is 1. The van der Waals surface area contributed by atoms with E-state index in [1.807, 2.05) is 43.3 Å². The van der Waals surface area contributed by atoms with Crippen molar-refractivity contribution in [2.45, 2.75) is 0 Å². The van der Waals surface area contributed by atoms with Crippen LogP contribution in [0.5, 0.6) is 0 Å². The zero-order chi connectivity index (χ0) is 13.1. The number of nitrogens with zero attached hydrogens (tertiary/aromatic N) is 1. The van der Waals surface area contributed by atoms with Crippen molar-refractivity contribution >= 4 is 17.2 Å². The van der Waals surface area contributed by atoms with Crippen molar-refractivity contribution in [2.24, 2.45) is 0 Å². The summed E-state index contributed by atoms with van der Waals surface area (Å²) >= 11 is 0. The zero-order valence-corrected chi connectivity index (χ0v) is 10.6. The third-order valence-electron chi connectivity index (χ3n) is 2.80. The van der Waals surface area contributed by atoms with E-state index in [0.717, 1.165) is 5.69 Å². The summed E-state index contributed by atoms with van der Waals surface area (Å²) in [5, 5.41) is 0. The summed E-state index contributed by atoms with van der Waals surface area (Å²) in [5.74, 6) is 0.0127. The number of carbonyl (C=O) groups is 1. The largest absolute Gasteiger partial charge is 0.399 e. The average Bonchev–Trinajstić information content (AvgIpc) is 2.39. The van der Waals surface area contributed by atoms with Gasteiger partial charge in [0.05, 0.1) is 0 Å². The molecule has 2 rings (SSSR count). The number of ketones is 1. The second kappa shape index (κ2) is 4.92. The normalized spacial score (nSPS) is 10.1. The fourth-order valence-corrected chi connectivity index (χ4v) is 1.73. The highest BCUT2D eigenvalue weighted by atomic mass is 16.1. The van der Waals surface area contributed by atoms with Crippen LogP contribution in [0.25, 0.3) is 0 Å². The van der Waals surface area contributed by atoms with Crippen molar-refractivity contribution < 1.29 is 4.79 Å². The number of carbonyl (C=O) groups excluding carboxylic acids is 1. The van der Waals surface area contributed by atoms with Crippen molar-refractivity contribution in [2.75, 3.05) is 24.7 Å². The van der Waals surface area contributed by atoms with E-state index >= 15 is 0 Å². The van der Waals surface area contributed by atoms with Crippen LogP contribution in [0.4, 0.5) is 11.4 Å². The van der Waals surface area contributed by atoms with Gasteiger partial charge in [-0.1, -0.05) is 12.1 Å². The molecule has 0 radical (unpaired) electrons. The molecule has 0 amide bonds. The Hall–Kier alpha value is -2.29. The maximum Gasteiger partial charge on any atom is 0.193 e. The lowest BCUT2D eigenvalue weighted by Gasteiger charge is -2.13. The molecule has 0 aromatic heterocycles. The predicted molar refractivity (Wildman–Crippen MR) is 75.1 cm³/mol. The SMILES string of the molecule is CN(C)c1cccc(C(=O)c2ccc(N)cc2)c1. The maximum absolute atomic E-state index is 12.3. The van der Waals surface area contributed by atoms with Gasteiger partial charge in [0.2, 0.25) is 0 Å². The summed E-state index contributed by atoms with van der Waals surface area (Å²) in [7, 11) is 3.90. The molecule has 0 aliphatic carbocycles. The van der Waals surface area contributed by atoms with Crippen molar-refractivity contribution in [1.82, 2.24) is 0 Å². The summed E-state index contributed by atoms with van der Waals surface area (Å²) in [4.78, 5) is 14.2. The van der Waals surface area contributed by atoms with Gasteiger partial charge in [-0.15, -0.1) is 0 Å². The minimum absolute atomic E-state index is 0.0127. The van der Waals surface area contributed by atoms with Crippen LogP contribution in [0.2, 0.25) is 0 Å². The lowest BCUT2D eigenvalue weighted by Crippen LogP contribution is -2.10. The van der Waals surface area contributed by atoms with Gasteiger partial charge in [-0.25, -0.2) is 0 Å². The molecule has 0 aliphatic rings. The highest BCUT2D eigenvalue weighted by Crippen LogP contribution is 2.17. The van der Waals surface area contributed by atoms with Crippen LogP contribution in [0.3, 0.4) is 0 Å². The Morgan fingerprint density at radius 1 is 1.00 bits per heavy atom. The molecule has 2 aromatic carbocycles. The molecule has 0 bridgehead atoms. The van der Waals surface area contributed by atoms with Crippen LogP contribution in [-0.2, 0) is 0 Å². The third-order valence-corrected chi connectivity index (χ3v) is 2.80. The molecule has 2 N–H and O–H groups in total. The Bertz CT molecular complexity index is 559. The third kappa shape index (κ3) is 2.51. The molecule has 0 atom stereocenters. The number of hydrogen-bond acceptors (Lipinski definition) is 3. The Labute approximate surface area is 107 Å². The molecule has 0 fully saturated rings. The number of benzene rings is 2. The van der Waals surface area contributed by atoms with Crippen molar-refractivity contribution in [3.05, 3.63) is 59.7 Å². The second-order valence-electron chi connectivity index (χ2n) is 4.40.